The van der Waals surface area contributed by atoms with Crippen LogP contribution in [-0.4, -0.2) is 18.9 Å². The molecule has 0 amide bonds. The number of hydrogen-bond acceptors (Lipinski definition) is 2. The first kappa shape index (κ1) is 17.9. The van der Waals surface area contributed by atoms with Gasteiger partial charge in [0.15, 0.2) is 5.65 Å². The molecule has 0 saturated carbocycles. The van der Waals surface area contributed by atoms with Crippen molar-refractivity contribution in [3.05, 3.63) is 66.1 Å². The Balaban J connectivity index is 1.96. The lowest BCUT2D eigenvalue weighted by Gasteiger charge is -2.20. The van der Waals surface area contributed by atoms with E-state index in [9.17, 15) is 0 Å². The molecule has 29 heavy (non-hydrogen) atoms. The van der Waals surface area contributed by atoms with Crippen LogP contribution < -0.4 is 0 Å². The quantitative estimate of drug-likeness (QED) is 0.366. The second-order valence-corrected chi connectivity index (χ2v) is 9.22. The topological polar surface area (TPSA) is 35.1 Å². The Bertz CT molecular complexity index is 1360. The summed E-state index contributed by atoms with van der Waals surface area (Å²) in [5, 5.41) is 2.36. The van der Waals surface area contributed by atoms with Crippen molar-refractivity contribution in [3.63, 3.8) is 0 Å². The van der Waals surface area contributed by atoms with E-state index in [0.717, 1.165) is 28.9 Å². The van der Waals surface area contributed by atoms with Crippen LogP contribution in [0, 0.1) is 19.3 Å². The fourth-order valence-corrected chi connectivity index (χ4v) is 4.48. The van der Waals surface area contributed by atoms with Gasteiger partial charge in [0.1, 0.15) is 5.65 Å². The first-order valence-corrected chi connectivity index (χ1v) is 10.1. The molecule has 0 aliphatic carbocycles. The van der Waals surface area contributed by atoms with Crippen molar-refractivity contribution >= 4 is 27.6 Å². The maximum Gasteiger partial charge on any atom is 0.165 e. The van der Waals surface area contributed by atoms with Gasteiger partial charge in [0, 0.05) is 22.9 Å². The van der Waals surface area contributed by atoms with Gasteiger partial charge in [-0.05, 0) is 30.4 Å². The molecule has 0 atom stereocenters. The molecule has 146 valence electrons. The number of aromatic nitrogens is 4. The predicted molar refractivity (Wildman–Crippen MR) is 120 cm³/mol. The number of aryl methyl sites for hydroxylation is 2. The van der Waals surface area contributed by atoms with Crippen molar-refractivity contribution in [2.45, 2.75) is 41.2 Å². The van der Waals surface area contributed by atoms with Crippen LogP contribution in [0.5, 0.6) is 0 Å². The minimum atomic E-state index is 0.161. The maximum atomic E-state index is 4.88. The fraction of sp³-hybridized carbons (Fsp3) is 0.280. The van der Waals surface area contributed by atoms with Gasteiger partial charge >= 0.3 is 0 Å². The van der Waals surface area contributed by atoms with Gasteiger partial charge < -0.3 is 4.57 Å². The first-order chi connectivity index (χ1) is 13.8. The Morgan fingerprint density at radius 1 is 0.828 bits per heavy atom. The summed E-state index contributed by atoms with van der Waals surface area (Å²) in [7, 11) is 0. The van der Waals surface area contributed by atoms with E-state index in [1.807, 2.05) is 12.5 Å². The molecule has 0 aliphatic rings. The van der Waals surface area contributed by atoms with E-state index >= 15 is 0 Å². The summed E-state index contributed by atoms with van der Waals surface area (Å²) in [6, 6.07) is 15.0. The van der Waals surface area contributed by atoms with Crippen LogP contribution in [0.25, 0.3) is 38.8 Å². The fourth-order valence-electron chi connectivity index (χ4n) is 4.48. The molecule has 0 saturated heterocycles. The molecule has 3 aromatic heterocycles. The highest BCUT2D eigenvalue weighted by Gasteiger charge is 2.21. The van der Waals surface area contributed by atoms with Crippen LogP contribution in [0.1, 0.15) is 31.9 Å². The zero-order valence-corrected chi connectivity index (χ0v) is 17.7. The van der Waals surface area contributed by atoms with Crippen molar-refractivity contribution in [2.24, 2.45) is 5.41 Å². The van der Waals surface area contributed by atoms with Gasteiger partial charge in [-0.15, -0.1) is 0 Å². The van der Waals surface area contributed by atoms with Crippen molar-refractivity contribution in [3.8, 4) is 11.3 Å². The van der Waals surface area contributed by atoms with Gasteiger partial charge in [-0.2, -0.15) is 0 Å². The third kappa shape index (κ3) is 2.74. The average Bonchev–Trinajstić information content (AvgIpc) is 3.25. The first-order valence-electron chi connectivity index (χ1n) is 10.1. The lowest BCUT2D eigenvalue weighted by atomic mass is 9.97. The van der Waals surface area contributed by atoms with Gasteiger partial charge in [0.2, 0.25) is 0 Å². The summed E-state index contributed by atoms with van der Waals surface area (Å²) in [4.78, 5) is 9.74. The van der Waals surface area contributed by atoms with Gasteiger partial charge in [-0.25, -0.2) is 9.97 Å². The molecule has 5 aromatic rings. The standard InChI is InChI=1S/C25H26N4/c1-16-9-8-10-17(2)21(16)20-13-26-23-19-12-7-6-11-18(19)22-24(29(20)23)27-15-28(22)14-25(3,4)5/h6-13,15H,14H2,1-5H3. The summed E-state index contributed by atoms with van der Waals surface area (Å²) < 4.78 is 4.54. The van der Waals surface area contributed by atoms with E-state index in [4.69, 9.17) is 9.97 Å². The van der Waals surface area contributed by atoms with Gasteiger partial charge in [0.25, 0.3) is 0 Å². The zero-order valence-electron chi connectivity index (χ0n) is 17.7. The molecular formula is C25H26N4. The molecule has 0 spiro atoms. The molecule has 4 heteroatoms. The van der Waals surface area contributed by atoms with Crippen LogP contribution in [0.4, 0.5) is 0 Å². The van der Waals surface area contributed by atoms with Crippen LogP contribution in [-0.2, 0) is 6.54 Å². The maximum absolute atomic E-state index is 4.88. The molecule has 2 aromatic carbocycles. The molecule has 0 N–H and O–H groups in total. The zero-order chi connectivity index (χ0) is 20.3. The molecule has 5 rings (SSSR count). The Labute approximate surface area is 170 Å². The second-order valence-electron chi connectivity index (χ2n) is 9.22. The Hall–Kier alpha value is -3.14. The number of nitrogens with zero attached hydrogens (tertiary/aromatic N) is 4. The number of benzene rings is 2. The van der Waals surface area contributed by atoms with Crippen LogP contribution in [0.3, 0.4) is 0 Å². The highest BCUT2D eigenvalue weighted by atomic mass is 15.1. The molecule has 0 bridgehead atoms. The van der Waals surface area contributed by atoms with Crippen molar-refractivity contribution in [1.82, 2.24) is 18.9 Å². The molecule has 0 radical (unpaired) electrons. The van der Waals surface area contributed by atoms with E-state index in [-0.39, 0.29) is 5.41 Å². The van der Waals surface area contributed by atoms with Crippen LogP contribution in [0.15, 0.2) is 55.0 Å². The minimum Gasteiger partial charge on any atom is -0.328 e. The number of fused-ring (bicyclic) bond motifs is 6. The third-order valence-electron chi connectivity index (χ3n) is 5.60. The number of hydrogen-bond donors (Lipinski definition) is 0. The van der Waals surface area contributed by atoms with Gasteiger partial charge in [-0.3, -0.25) is 4.40 Å². The highest BCUT2D eigenvalue weighted by molar-refractivity contribution is 6.10. The number of rotatable bonds is 2. The van der Waals surface area contributed by atoms with E-state index < -0.39 is 0 Å². The molecule has 3 heterocycles. The average molecular weight is 383 g/mol. The Morgan fingerprint density at radius 3 is 2.21 bits per heavy atom. The normalized spacial score (nSPS) is 12.4. The molecular weight excluding hydrogens is 356 g/mol. The Kier molecular flexibility index (Phi) is 3.82. The summed E-state index contributed by atoms with van der Waals surface area (Å²) in [6.07, 6.45) is 3.98. The lowest BCUT2D eigenvalue weighted by molar-refractivity contribution is 0.348. The van der Waals surface area contributed by atoms with Gasteiger partial charge in [0.05, 0.1) is 23.7 Å². The number of pyridine rings is 1. The summed E-state index contributed by atoms with van der Waals surface area (Å²) >= 11 is 0. The van der Waals surface area contributed by atoms with Gasteiger partial charge in [-0.1, -0.05) is 63.2 Å². The summed E-state index contributed by atoms with van der Waals surface area (Å²) in [5.41, 5.74) is 8.12. The molecule has 0 unspecified atom stereocenters. The molecule has 4 nitrogen and oxygen atoms in total. The van der Waals surface area contributed by atoms with Crippen LogP contribution >= 0.6 is 0 Å². The highest BCUT2D eigenvalue weighted by Crippen LogP contribution is 2.35. The lowest BCUT2D eigenvalue weighted by Crippen LogP contribution is -2.14. The summed E-state index contributed by atoms with van der Waals surface area (Å²) in [6.45, 7) is 12.0. The largest absolute Gasteiger partial charge is 0.328 e. The minimum absolute atomic E-state index is 0.161. The third-order valence-corrected chi connectivity index (χ3v) is 5.60. The molecule has 0 aliphatic heterocycles. The smallest absolute Gasteiger partial charge is 0.165 e. The monoisotopic (exact) mass is 382 g/mol. The Morgan fingerprint density at radius 2 is 1.52 bits per heavy atom. The predicted octanol–water partition coefficient (Wildman–Crippen LogP) is 6.17. The second kappa shape index (κ2) is 6.18. The van der Waals surface area contributed by atoms with E-state index in [1.54, 1.807) is 0 Å². The van der Waals surface area contributed by atoms with Crippen molar-refractivity contribution in [1.29, 1.82) is 0 Å². The van der Waals surface area contributed by atoms with Crippen molar-refractivity contribution < 1.29 is 0 Å². The SMILES string of the molecule is Cc1cccc(C)c1-c1cnc2c3ccccc3c3c(ncn3CC(C)(C)C)n12. The van der Waals surface area contributed by atoms with E-state index in [1.165, 1.54) is 27.6 Å². The van der Waals surface area contributed by atoms with E-state index in [0.29, 0.717) is 0 Å². The van der Waals surface area contributed by atoms with Crippen LogP contribution in [0.2, 0.25) is 0 Å². The summed E-state index contributed by atoms with van der Waals surface area (Å²) in [5.74, 6) is 0. The van der Waals surface area contributed by atoms with E-state index in [2.05, 4.69) is 86.1 Å². The molecule has 0 fully saturated rings. The number of imidazole rings is 2. The van der Waals surface area contributed by atoms with Crippen molar-refractivity contribution in [2.75, 3.05) is 0 Å².